The highest BCUT2D eigenvalue weighted by Crippen LogP contribution is 2.16. The second kappa shape index (κ2) is 20.2. The van der Waals surface area contributed by atoms with Crippen molar-refractivity contribution < 1.29 is 14.9 Å². The third-order valence-electron chi connectivity index (χ3n) is 5.04. The molecule has 3 nitrogen and oxygen atoms in total. The SMILES string of the molecule is CCCC(C)CCCCCCCCCCCCCCOCC(O)CO. The van der Waals surface area contributed by atoms with Crippen LogP contribution in [0.1, 0.15) is 110 Å². The van der Waals surface area contributed by atoms with Gasteiger partial charge in [0.15, 0.2) is 0 Å². The van der Waals surface area contributed by atoms with Gasteiger partial charge in [-0.3, -0.25) is 0 Å². The summed E-state index contributed by atoms with van der Waals surface area (Å²) in [5.41, 5.74) is 0. The minimum atomic E-state index is -0.718. The van der Waals surface area contributed by atoms with Crippen molar-refractivity contribution in [1.82, 2.24) is 0 Å². The van der Waals surface area contributed by atoms with Gasteiger partial charge in [0.05, 0.1) is 13.2 Å². The number of unbranched alkanes of at least 4 members (excludes halogenated alkanes) is 11. The predicted octanol–water partition coefficient (Wildman–Crippen LogP) is 5.86. The second-order valence-corrected chi connectivity index (χ2v) is 7.84. The summed E-state index contributed by atoms with van der Waals surface area (Å²) in [5.74, 6) is 0.934. The summed E-state index contributed by atoms with van der Waals surface area (Å²) >= 11 is 0. The Morgan fingerprint density at radius 1 is 0.720 bits per heavy atom. The maximum absolute atomic E-state index is 9.13. The van der Waals surface area contributed by atoms with Crippen LogP contribution in [0.25, 0.3) is 0 Å². The zero-order valence-electron chi connectivity index (χ0n) is 17.2. The smallest absolute Gasteiger partial charge is 0.100 e. The first-order valence-electron chi connectivity index (χ1n) is 11.1. The van der Waals surface area contributed by atoms with Gasteiger partial charge in [0.2, 0.25) is 0 Å². The third-order valence-corrected chi connectivity index (χ3v) is 5.04. The van der Waals surface area contributed by atoms with Gasteiger partial charge in [-0.2, -0.15) is 0 Å². The van der Waals surface area contributed by atoms with E-state index in [4.69, 9.17) is 14.9 Å². The molecule has 2 N–H and O–H groups in total. The fraction of sp³-hybridized carbons (Fsp3) is 1.00. The molecule has 0 saturated heterocycles. The summed E-state index contributed by atoms with van der Waals surface area (Å²) in [5, 5.41) is 17.8. The zero-order valence-corrected chi connectivity index (χ0v) is 17.2. The van der Waals surface area contributed by atoms with E-state index in [0.29, 0.717) is 6.61 Å². The minimum absolute atomic E-state index is 0.210. The summed E-state index contributed by atoms with van der Waals surface area (Å²) in [6, 6.07) is 0. The van der Waals surface area contributed by atoms with Crippen LogP contribution in [0.3, 0.4) is 0 Å². The van der Waals surface area contributed by atoms with Crippen LogP contribution in [0.15, 0.2) is 0 Å². The number of ether oxygens (including phenoxy) is 1. The molecular weight excluding hydrogens is 312 g/mol. The van der Waals surface area contributed by atoms with E-state index in [-0.39, 0.29) is 13.2 Å². The summed E-state index contributed by atoms with van der Waals surface area (Å²) in [7, 11) is 0. The summed E-state index contributed by atoms with van der Waals surface area (Å²) in [6.07, 6.45) is 19.7. The Morgan fingerprint density at radius 2 is 1.20 bits per heavy atom. The maximum Gasteiger partial charge on any atom is 0.100 e. The monoisotopic (exact) mass is 358 g/mol. The fourth-order valence-corrected chi connectivity index (χ4v) is 3.37. The largest absolute Gasteiger partial charge is 0.394 e. The van der Waals surface area contributed by atoms with E-state index >= 15 is 0 Å². The average Bonchev–Trinajstić information content (AvgIpc) is 2.61. The standard InChI is InChI=1S/C22H46O3/c1-3-16-21(2)17-14-12-10-8-6-4-5-7-9-11-13-15-18-25-20-22(24)19-23/h21-24H,3-20H2,1-2H3. The van der Waals surface area contributed by atoms with Crippen molar-refractivity contribution in [1.29, 1.82) is 0 Å². The van der Waals surface area contributed by atoms with E-state index in [0.717, 1.165) is 12.3 Å². The van der Waals surface area contributed by atoms with Crippen LogP contribution in [-0.2, 0) is 4.74 Å². The van der Waals surface area contributed by atoms with Crippen molar-refractivity contribution in [2.45, 2.75) is 116 Å². The Labute approximate surface area is 157 Å². The third kappa shape index (κ3) is 20.0. The maximum atomic E-state index is 9.13. The van der Waals surface area contributed by atoms with E-state index in [2.05, 4.69) is 13.8 Å². The molecule has 0 spiro atoms. The van der Waals surface area contributed by atoms with Gasteiger partial charge in [-0.25, -0.2) is 0 Å². The van der Waals surface area contributed by atoms with Crippen molar-refractivity contribution in [2.75, 3.05) is 19.8 Å². The highest BCUT2D eigenvalue weighted by molar-refractivity contribution is 4.54. The van der Waals surface area contributed by atoms with Crippen molar-refractivity contribution in [3.05, 3.63) is 0 Å². The fourth-order valence-electron chi connectivity index (χ4n) is 3.37. The molecule has 0 aliphatic rings. The molecule has 0 aromatic rings. The van der Waals surface area contributed by atoms with E-state index < -0.39 is 6.10 Å². The van der Waals surface area contributed by atoms with Gasteiger partial charge >= 0.3 is 0 Å². The molecule has 0 aromatic carbocycles. The van der Waals surface area contributed by atoms with E-state index in [1.165, 1.54) is 89.9 Å². The lowest BCUT2D eigenvalue weighted by Gasteiger charge is -2.09. The number of aliphatic hydroxyl groups excluding tert-OH is 2. The molecule has 0 radical (unpaired) electrons. The number of rotatable bonds is 20. The Hall–Kier alpha value is -0.120. The lowest BCUT2D eigenvalue weighted by molar-refractivity contribution is 0.00526. The summed E-state index contributed by atoms with van der Waals surface area (Å²) in [6.45, 7) is 5.44. The van der Waals surface area contributed by atoms with Crippen LogP contribution in [0, 0.1) is 5.92 Å². The van der Waals surface area contributed by atoms with Gasteiger partial charge in [0.25, 0.3) is 0 Å². The van der Waals surface area contributed by atoms with Crippen molar-refractivity contribution >= 4 is 0 Å². The highest BCUT2D eigenvalue weighted by atomic mass is 16.5. The van der Waals surface area contributed by atoms with Crippen LogP contribution in [0.5, 0.6) is 0 Å². The molecule has 0 aromatic heterocycles. The minimum Gasteiger partial charge on any atom is -0.394 e. The van der Waals surface area contributed by atoms with Crippen LogP contribution in [0.2, 0.25) is 0 Å². The number of aliphatic hydroxyl groups is 2. The lowest BCUT2D eigenvalue weighted by Crippen LogP contribution is -2.19. The lowest BCUT2D eigenvalue weighted by atomic mass is 9.98. The molecule has 0 bridgehead atoms. The van der Waals surface area contributed by atoms with Crippen molar-refractivity contribution in [3.63, 3.8) is 0 Å². The molecule has 0 saturated carbocycles. The first-order valence-corrected chi connectivity index (χ1v) is 11.1. The predicted molar refractivity (Wildman–Crippen MR) is 108 cm³/mol. The molecule has 3 heteroatoms. The molecule has 0 amide bonds. The van der Waals surface area contributed by atoms with E-state index in [1.54, 1.807) is 0 Å². The highest BCUT2D eigenvalue weighted by Gasteiger charge is 2.01. The van der Waals surface area contributed by atoms with E-state index in [1.807, 2.05) is 0 Å². The van der Waals surface area contributed by atoms with E-state index in [9.17, 15) is 0 Å². The normalized spacial score (nSPS) is 13.9. The molecule has 2 unspecified atom stereocenters. The van der Waals surface area contributed by atoms with Gasteiger partial charge in [-0.05, 0) is 12.3 Å². The average molecular weight is 359 g/mol. The second-order valence-electron chi connectivity index (χ2n) is 7.84. The molecule has 152 valence electrons. The van der Waals surface area contributed by atoms with Gasteiger partial charge in [0, 0.05) is 6.61 Å². The van der Waals surface area contributed by atoms with Gasteiger partial charge in [-0.15, -0.1) is 0 Å². The molecule has 0 rings (SSSR count). The Kier molecular flexibility index (Phi) is 20.1. The molecule has 25 heavy (non-hydrogen) atoms. The van der Waals surface area contributed by atoms with Gasteiger partial charge in [0.1, 0.15) is 6.10 Å². The van der Waals surface area contributed by atoms with Crippen LogP contribution in [-0.4, -0.2) is 36.1 Å². The van der Waals surface area contributed by atoms with Crippen LogP contribution in [0.4, 0.5) is 0 Å². The summed E-state index contributed by atoms with van der Waals surface area (Å²) < 4.78 is 5.30. The molecule has 0 fully saturated rings. The van der Waals surface area contributed by atoms with Gasteiger partial charge in [-0.1, -0.05) is 104 Å². The Balaban J connectivity index is 3.05. The first kappa shape index (κ1) is 24.9. The van der Waals surface area contributed by atoms with Gasteiger partial charge < -0.3 is 14.9 Å². The number of hydrogen-bond donors (Lipinski definition) is 2. The molecular formula is C22H46O3. The van der Waals surface area contributed by atoms with Crippen molar-refractivity contribution in [3.8, 4) is 0 Å². The molecule has 0 aliphatic carbocycles. The summed E-state index contributed by atoms with van der Waals surface area (Å²) in [4.78, 5) is 0. The molecule has 0 aliphatic heterocycles. The Bertz CT molecular complexity index is 245. The van der Waals surface area contributed by atoms with Crippen LogP contribution < -0.4 is 0 Å². The van der Waals surface area contributed by atoms with Crippen LogP contribution >= 0.6 is 0 Å². The quantitative estimate of drug-likeness (QED) is 0.268. The Morgan fingerprint density at radius 3 is 1.68 bits per heavy atom. The molecule has 0 heterocycles. The zero-order chi connectivity index (χ0) is 18.6. The number of hydrogen-bond acceptors (Lipinski definition) is 3. The first-order chi connectivity index (χ1) is 12.2. The molecule has 2 atom stereocenters. The van der Waals surface area contributed by atoms with Crippen molar-refractivity contribution in [2.24, 2.45) is 5.92 Å². The topological polar surface area (TPSA) is 49.7 Å².